The number of likely N-dealkylation sites (tertiary alicyclic amines) is 1. The minimum Gasteiger partial charge on any atom is -0.338 e. The number of carbonyl (C=O) groups excluding carboxylic acids is 1. The monoisotopic (exact) mass is 357 g/mol. The number of carbonyl (C=O) groups is 1. The summed E-state index contributed by atoms with van der Waals surface area (Å²) >= 11 is 1.30. The zero-order valence-corrected chi connectivity index (χ0v) is 14.7. The molecule has 0 radical (unpaired) electrons. The summed E-state index contributed by atoms with van der Waals surface area (Å²) in [5.41, 5.74) is -2.37. The Bertz CT molecular complexity index is 717. The molecule has 2 aromatic heterocycles. The lowest BCUT2D eigenvalue weighted by atomic mass is 10.1. The van der Waals surface area contributed by atoms with Crippen molar-refractivity contribution in [2.45, 2.75) is 31.8 Å². The third-order valence-electron chi connectivity index (χ3n) is 4.04. The molecule has 1 N–H and O–H groups in total. The highest BCUT2D eigenvalue weighted by molar-refractivity contribution is 7.18. The average Bonchev–Trinajstić information content (AvgIpc) is 3.13. The van der Waals surface area contributed by atoms with Crippen LogP contribution in [0.15, 0.2) is 12.1 Å². The number of nitrogens with zero attached hydrogens (tertiary/aromatic N) is 2. The largest absolute Gasteiger partial charge is 0.338 e. The van der Waals surface area contributed by atoms with Gasteiger partial charge in [0.25, 0.3) is 11.6 Å². The SMILES string of the molecule is Cc1c(-c2ccc(C(=O)N3CCCCC3)s2)n[nH]c1C(F)(F)P. The molecule has 124 valence electrons. The lowest BCUT2D eigenvalue weighted by molar-refractivity contribution is 0.0729. The van der Waals surface area contributed by atoms with Crippen molar-refractivity contribution in [1.29, 1.82) is 0 Å². The number of halogens is 2. The fourth-order valence-electron chi connectivity index (χ4n) is 2.80. The molecule has 1 unspecified atom stereocenters. The summed E-state index contributed by atoms with van der Waals surface area (Å²) in [6.07, 6.45) is 3.24. The maximum Gasteiger partial charge on any atom is 0.299 e. The summed E-state index contributed by atoms with van der Waals surface area (Å²) in [6, 6.07) is 3.53. The van der Waals surface area contributed by atoms with Gasteiger partial charge in [0.2, 0.25) is 0 Å². The van der Waals surface area contributed by atoms with Gasteiger partial charge in [-0.25, -0.2) is 0 Å². The zero-order chi connectivity index (χ0) is 16.6. The van der Waals surface area contributed by atoms with E-state index in [0.29, 0.717) is 16.1 Å². The van der Waals surface area contributed by atoms with Crippen LogP contribution in [0.2, 0.25) is 0 Å². The number of hydrogen-bond acceptors (Lipinski definition) is 3. The Hall–Kier alpha value is -1.33. The number of alkyl halides is 2. The van der Waals surface area contributed by atoms with Crippen molar-refractivity contribution in [2.75, 3.05) is 13.1 Å². The van der Waals surface area contributed by atoms with E-state index in [0.717, 1.165) is 37.2 Å². The number of nitrogens with one attached hydrogen (secondary N) is 1. The Morgan fingerprint density at radius 3 is 2.65 bits per heavy atom. The topological polar surface area (TPSA) is 49.0 Å². The van der Waals surface area contributed by atoms with E-state index in [-0.39, 0.29) is 11.6 Å². The van der Waals surface area contributed by atoms with Crippen LogP contribution in [0.1, 0.15) is 40.2 Å². The van der Waals surface area contributed by atoms with Crippen molar-refractivity contribution < 1.29 is 13.6 Å². The van der Waals surface area contributed by atoms with Crippen LogP contribution < -0.4 is 0 Å². The van der Waals surface area contributed by atoms with Gasteiger partial charge in [-0.2, -0.15) is 13.9 Å². The Morgan fingerprint density at radius 2 is 2.04 bits per heavy atom. The van der Waals surface area contributed by atoms with Gasteiger partial charge in [-0.05, 0) is 38.3 Å². The molecular formula is C15H18F2N3OPS. The second-order valence-corrected chi connectivity index (χ2v) is 7.52. The van der Waals surface area contributed by atoms with Gasteiger partial charge in [-0.1, -0.05) is 9.24 Å². The third-order valence-corrected chi connectivity index (χ3v) is 5.41. The average molecular weight is 357 g/mol. The minimum atomic E-state index is -3.04. The van der Waals surface area contributed by atoms with Crippen molar-refractivity contribution in [2.24, 2.45) is 0 Å². The number of hydrogen-bond donors (Lipinski definition) is 1. The molecule has 1 fully saturated rings. The van der Waals surface area contributed by atoms with E-state index in [2.05, 4.69) is 10.2 Å². The Kier molecular flexibility index (Phi) is 4.52. The first-order valence-electron chi connectivity index (χ1n) is 7.49. The fourth-order valence-corrected chi connectivity index (χ4v) is 4.10. The van der Waals surface area contributed by atoms with Crippen molar-refractivity contribution >= 4 is 26.5 Å². The zero-order valence-electron chi connectivity index (χ0n) is 12.7. The second kappa shape index (κ2) is 6.29. The highest BCUT2D eigenvalue weighted by Crippen LogP contribution is 2.39. The molecule has 1 saturated heterocycles. The summed E-state index contributed by atoms with van der Waals surface area (Å²) in [7, 11) is 1.51. The Labute approximate surface area is 139 Å². The Balaban J connectivity index is 1.85. The predicted molar refractivity (Wildman–Crippen MR) is 90.0 cm³/mol. The van der Waals surface area contributed by atoms with Gasteiger partial charge in [-0.3, -0.25) is 9.89 Å². The molecule has 0 bridgehead atoms. The van der Waals surface area contributed by atoms with E-state index < -0.39 is 5.66 Å². The van der Waals surface area contributed by atoms with Gasteiger partial charge >= 0.3 is 0 Å². The first-order valence-corrected chi connectivity index (χ1v) is 8.89. The summed E-state index contributed by atoms with van der Waals surface area (Å²) in [5.74, 6) is 0.0192. The number of aromatic amines is 1. The molecular weight excluding hydrogens is 339 g/mol. The van der Waals surface area contributed by atoms with Crippen LogP contribution in [0.4, 0.5) is 8.78 Å². The quantitative estimate of drug-likeness (QED) is 0.844. The molecule has 1 amide bonds. The van der Waals surface area contributed by atoms with Gasteiger partial charge in [0.15, 0.2) is 0 Å². The lowest BCUT2D eigenvalue weighted by Gasteiger charge is -2.26. The van der Waals surface area contributed by atoms with Crippen LogP contribution >= 0.6 is 20.6 Å². The molecule has 1 aliphatic heterocycles. The molecule has 8 heteroatoms. The van der Waals surface area contributed by atoms with Crippen molar-refractivity contribution in [3.8, 4) is 10.6 Å². The van der Waals surface area contributed by atoms with Crippen LogP contribution in [-0.4, -0.2) is 34.1 Å². The molecule has 23 heavy (non-hydrogen) atoms. The third kappa shape index (κ3) is 3.31. The van der Waals surface area contributed by atoms with Gasteiger partial charge < -0.3 is 4.90 Å². The number of rotatable bonds is 3. The van der Waals surface area contributed by atoms with Crippen molar-refractivity contribution in [3.05, 3.63) is 28.3 Å². The van der Waals surface area contributed by atoms with Gasteiger partial charge in [0.05, 0.1) is 9.75 Å². The molecule has 0 aromatic carbocycles. The molecule has 0 aliphatic carbocycles. The highest BCUT2D eigenvalue weighted by Gasteiger charge is 2.31. The van der Waals surface area contributed by atoms with Gasteiger partial charge in [0.1, 0.15) is 11.4 Å². The van der Waals surface area contributed by atoms with Crippen molar-refractivity contribution in [1.82, 2.24) is 15.1 Å². The van der Waals surface area contributed by atoms with E-state index >= 15 is 0 Å². The van der Waals surface area contributed by atoms with E-state index in [1.54, 1.807) is 19.1 Å². The standard InChI is InChI=1S/C15H18F2N3OPS/c1-9-12(18-19-13(9)15(16,17)22)10-5-6-11(23-10)14(21)20-7-3-2-4-8-20/h5-6H,2-4,7-8,22H2,1H3,(H,18,19). The summed E-state index contributed by atoms with van der Waals surface area (Å²) in [6.45, 7) is 3.19. The smallest absolute Gasteiger partial charge is 0.299 e. The van der Waals surface area contributed by atoms with E-state index in [9.17, 15) is 13.6 Å². The molecule has 1 atom stereocenters. The van der Waals surface area contributed by atoms with Gasteiger partial charge in [-0.15, -0.1) is 11.3 Å². The lowest BCUT2D eigenvalue weighted by Crippen LogP contribution is -2.35. The number of amides is 1. The van der Waals surface area contributed by atoms with E-state index in [4.69, 9.17) is 0 Å². The van der Waals surface area contributed by atoms with Crippen LogP contribution in [0, 0.1) is 6.92 Å². The summed E-state index contributed by atoms with van der Waals surface area (Å²) < 4.78 is 26.9. The molecule has 2 aromatic rings. The van der Waals surface area contributed by atoms with Crippen LogP contribution in [0.25, 0.3) is 10.6 Å². The fraction of sp³-hybridized carbons (Fsp3) is 0.467. The molecule has 3 heterocycles. The highest BCUT2D eigenvalue weighted by atomic mass is 32.1. The molecule has 1 aliphatic rings. The normalized spacial score (nSPS) is 15.9. The number of thiophene rings is 1. The number of aromatic nitrogens is 2. The number of H-pyrrole nitrogens is 1. The maximum absolute atomic E-state index is 13.5. The Morgan fingerprint density at radius 1 is 1.35 bits per heavy atom. The van der Waals surface area contributed by atoms with Crippen molar-refractivity contribution in [3.63, 3.8) is 0 Å². The second-order valence-electron chi connectivity index (χ2n) is 5.71. The molecule has 3 rings (SSSR count). The van der Waals surface area contributed by atoms with Crippen LogP contribution in [-0.2, 0) is 5.66 Å². The minimum absolute atomic E-state index is 0.0192. The van der Waals surface area contributed by atoms with E-state index in [1.807, 2.05) is 4.90 Å². The van der Waals surface area contributed by atoms with Crippen LogP contribution in [0.5, 0.6) is 0 Å². The predicted octanol–water partition coefficient (Wildman–Crippen LogP) is 4.00. The van der Waals surface area contributed by atoms with Gasteiger partial charge in [0, 0.05) is 18.7 Å². The first-order chi connectivity index (χ1) is 10.9. The first kappa shape index (κ1) is 16.5. The molecule has 4 nitrogen and oxygen atoms in total. The number of piperidine rings is 1. The summed E-state index contributed by atoms with van der Waals surface area (Å²) in [5, 5.41) is 6.41. The summed E-state index contributed by atoms with van der Waals surface area (Å²) in [4.78, 5) is 15.7. The van der Waals surface area contributed by atoms with E-state index in [1.165, 1.54) is 20.6 Å². The maximum atomic E-state index is 13.5. The molecule has 0 spiro atoms. The van der Waals surface area contributed by atoms with Crippen LogP contribution in [0.3, 0.4) is 0 Å². The molecule has 0 saturated carbocycles.